The third-order valence-electron chi connectivity index (χ3n) is 5.52. The second kappa shape index (κ2) is 8.99. The molecule has 5 rings (SSSR count). The van der Waals surface area contributed by atoms with Crippen LogP contribution in [-0.4, -0.2) is 33.2 Å². The van der Waals surface area contributed by atoms with Gasteiger partial charge in [-0.25, -0.2) is 14.4 Å². The van der Waals surface area contributed by atoms with E-state index in [1.165, 1.54) is 6.07 Å². The molecule has 1 aromatic carbocycles. The molecular formula is C25H22FN5OS. The summed E-state index contributed by atoms with van der Waals surface area (Å²) >= 11 is 1.62. The number of nitrogens with one attached hydrogen (secondary N) is 1. The molecule has 0 radical (unpaired) electrons. The molecule has 0 aliphatic carbocycles. The summed E-state index contributed by atoms with van der Waals surface area (Å²) < 4.78 is 21.9. The molecule has 4 heterocycles. The van der Waals surface area contributed by atoms with Gasteiger partial charge in [0.05, 0.1) is 28.9 Å². The molecule has 33 heavy (non-hydrogen) atoms. The van der Waals surface area contributed by atoms with Crippen molar-refractivity contribution in [2.45, 2.75) is 13.5 Å². The molecule has 5 aromatic rings. The highest BCUT2D eigenvalue weighted by molar-refractivity contribution is 7.14. The fourth-order valence-corrected chi connectivity index (χ4v) is 4.80. The van der Waals surface area contributed by atoms with Gasteiger partial charge in [0, 0.05) is 47.4 Å². The first-order chi connectivity index (χ1) is 16.1. The number of anilines is 1. The topological polar surface area (TPSA) is 64.9 Å². The molecule has 0 amide bonds. The number of ether oxygens (including phenoxy) is 1. The highest BCUT2D eigenvalue weighted by Crippen LogP contribution is 2.32. The zero-order valence-corrected chi connectivity index (χ0v) is 19.1. The van der Waals surface area contributed by atoms with Gasteiger partial charge in [-0.2, -0.15) is 0 Å². The Balaban J connectivity index is 1.32. The summed E-state index contributed by atoms with van der Waals surface area (Å²) in [4.78, 5) is 14.2. The van der Waals surface area contributed by atoms with Gasteiger partial charge in [0.2, 0.25) is 0 Å². The molecule has 0 unspecified atom stereocenters. The molecular weight excluding hydrogens is 437 g/mol. The van der Waals surface area contributed by atoms with Crippen LogP contribution in [0.1, 0.15) is 5.69 Å². The average Bonchev–Trinajstić information content (AvgIpc) is 3.46. The second-order valence-electron chi connectivity index (χ2n) is 7.58. The number of methoxy groups -OCH3 is 1. The molecule has 0 fully saturated rings. The normalized spacial score (nSPS) is 11.1. The van der Waals surface area contributed by atoms with Crippen LogP contribution in [0.2, 0.25) is 0 Å². The van der Waals surface area contributed by atoms with Crippen molar-refractivity contribution in [3.63, 3.8) is 0 Å². The van der Waals surface area contributed by atoms with Gasteiger partial charge in [-0.3, -0.25) is 4.98 Å². The Morgan fingerprint density at radius 2 is 1.97 bits per heavy atom. The predicted octanol–water partition coefficient (Wildman–Crippen LogP) is 5.79. The SMILES string of the molecule is COc1ccc(F)c2c1cc(C)n2CCNc1cc(-c2cc(-c3ccccn3)cs2)ncn1. The summed E-state index contributed by atoms with van der Waals surface area (Å²) in [6, 6.07) is 14.9. The number of benzene rings is 1. The second-order valence-corrected chi connectivity index (χ2v) is 8.49. The van der Waals surface area contributed by atoms with Crippen LogP contribution < -0.4 is 10.1 Å². The monoisotopic (exact) mass is 459 g/mol. The van der Waals surface area contributed by atoms with Gasteiger partial charge >= 0.3 is 0 Å². The number of fused-ring (bicyclic) bond motifs is 1. The van der Waals surface area contributed by atoms with Crippen molar-refractivity contribution in [3.8, 4) is 27.6 Å². The Kier molecular flexibility index (Phi) is 5.75. The summed E-state index contributed by atoms with van der Waals surface area (Å²) in [5.74, 6) is 1.13. The molecule has 0 spiro atoms. The number of pyridine rings is 1. The lowest BCUT2D eigenvalue weighted by Crippen LogP contribution is -2.12. The minimum absolute atomic E-state index is 0.260. The van der Waals surface area contributed by atoms with E-state index in [-0.39, 0.29) is 5.82 Å². The van der Waals surface area contributed by atoms with Crippen LogP contribution in [0.3, 0.4) is 0 Å². The first-order valence-corrected chi connectivity index (χ1v) is 11.4. The first kappa shape index (κ1) is 21.1. The lowest BCUT2D eigenvalue weighted by molar-refractivity contribution is 0.419. The van der Waals surface area contributed by atoms with Crippen molar-refractivity contribution in [3.05, 3.63) is 77.9 Å². The van der Waals surface area contributed by atoms with E-state index in [1.807, 2.05) is 41.8 Å². The summed E-state index contributed by atoms with van der Waals surface area (Å²) in [7, 11) is 1.60. The Morgan fingerprint density at radius 3 is 2.79 bits per heavy atom. The van der Waals surface area contributed by atoms with E-state index in [2.05, 4.69) is 31.7 Å². The maximum atomic E-state index is 14.6. The number of nitrogens with zero attached hydrogens (tertiary/aromatic N) is 4. The Hall–Kier alpha value is -3.78. The molecule has 0 bridgehead atoms. The number of hydrogen-bond acceptors (Lipinski definition) is 6. The number of rotatable bonds is 7. The predicted molar refractivity (Wildman–Crippen MR) is 130 cm³/mol. The molecule has 0 saturated heterocycles. The average molecular weight is 460 g/mol. The first-order valence-electron chi connectivity index (χ1n) is 10.5. The minimum atomic E-state index is -0.260. The van der Waals surface area contributed by atoms with Crippen LogP contribution in [0.4, 0.5) is 10.2 Å². The molecule has 166 valence electrons. The zero-order chi connectivity index (χ0) is 22.8. The van der Waals surface area contributed by atoms with Crippen LogP contribution in [0.5, 0.6) is 5.75 Å². The summed E-state index contributed by atoms with van der Waals surface area (Å²) in [5.41, 5.74) is 4.37. The van der Waals surface area contributed by atoms with Crippen molar-refractivity contribution in [1.29, 1.82) is 0 Å². The lowest BCUT2D eigenvalue weighted by atomic mass is 10.2. The van der Waals surface area contributed by atoms with Gasteiger partial charge in [-0.05, 0) is 43.3 Å². The Morgan fingerprint density at radius 1 is 1.06 bits per heavy atom. The maximum Gasteiger partial charge on any atom is 0.147 e. The molecule has 4 aromatic heterocycles. The molecule has 0 atom stereocenters. The van der Waals surface area contributed by atoms with Gasteiger partial charge in [0.25, 0.3) is 0 Å². The molecule has 0 aliphatic rings. The number of aromatic nitrogens is 4. The standard InChI is InChI=1S/C25H22FN5OS/c1-16-11-18-22(32-2)7-6-19(26)25(18)31(16)10-9-28-24-13-21(29-15-30-24)23-12-17(14-33-23)20-5-3-4-8-27-20/h3-8,11-15H,9-10H2,1-2H3,(H,28,29,30). The number of aryl methyl sites for hydroxylation is 1. The smallest absolute Gasteiger partial charge is 0.147 e. The third-order valence-corrected chi connectivity index (χ3v) is 6.47. The molecule has 0 aliphatic heterocycles. The van der Waals surface area contributed by atoms with Crippen molar-refractivity contribution >= 4 is 28.1 Å². The fourth-order valence-electron chi connectivity index (χ4n) is 3.93. The van der Waals surface area contributed by atoms with E-state index >= 15 is 0 Å². The van der Waals surface area contributed by atoms with Gasteiger partial charge in [0.15, 0.2) is 0 Å². The van der Waals surface area contributed by atoms with Crippen LogP contribution in [0, 0.1) is 12.7 Å². The van der Waals surface area contributed by atoms with Gasteiger partial charge in [-0.1, -0.05) is 6.07 Å². The molecule has 0 saturated carbocycles. The van der Waals surface area contributed by atoms with Crippen molar-refractivity contribution in [1.82, 2.24) is 19.5 Å². The maximum absolute atomic E-state index is 14.6. The third kappa shape index (κ3) is 4.17. The number of halogens is 1. The lowest BCUT2D eigenvalue weighted by Gasteiger charge is -2.11. The van der Waals surface area contributed by atoms with E-state index in [1.54, 1.807) is 37.0 Å². The fraction of sp³-hybridized carbons (Fsp3) is 0.160. The molecule has 1 N–H and O–H groups in total. The summed E-state index contributed by atoms with van der Waals surface area (Å²) in [6.45, 7) is 3.14. The van der Waals surface area contributed by atoms with E-state index in [0.29, 0.717) is 24.4 Å². The highest BCUT2D eigenvalue weighted by atomic mass is 32.1. The highest BCUT2D eigenvalue weighted by Gasteiger charge is 2.14. The van der Waals surface area contributed by atoms with E-state index in [0.717, 1.165) is 38.7 Å². The van der Waals surface area contributed by atoms with Crippen LogP contribution >= 0.6 is 11.3 Å². The number of hydrogen-bond donors (Lipinski definition) is 1. The molecule has 8 heteroatoms. The van der Waals surface area contributed by atoms with E-state index in [4.69, 9.17) is 4.74 Å². The quantitative estimate of drug-likeness (QED) is 0.334. The van der Waals surface area contributed by atoms with Crippen molar-refractivity contribution < 1.29 is 9.13 Å². The zero-order valence-electron chi connectivity index (χ0n) is 18.2. The summed E-state index contributed by atoms with van der Waals surface area (Å²) in [6.07, 6.45) is 3.34. The van der Waals surface area contributed by atoms with Gasteiger partial charge in [-0.15, -0.1) is 11.3 Å². The molecule has 6 nitrogen and oxygen atoms in total. The van der Waals surface area contributed by atoms with Crippen molar-refractivity contribution in [2.75, 3.05) is 19.0 Å². The van der Waals surface area contributed by atoms with E-state index in [9.17, 15) is 4.39 Å². The number of thiophene rings is 1. The largest absolute Gasteiger partial charge is 0.496 e. The van der Waals surface area contributed by atoms with Crippen LogP contribution in [0.15, 0.2) is 66.4 Å². The minimum Gasteiger partial charge on any atom is -0.496 e. The van der Waals surface area contributed by atoms with Crippen molar-refractivity contribution in [2.24, 2.45) is 0 Å². The Labute approximate surface area is 194 Å². The summed E-state index contributed by atoms with van der Waals surface area (Å²) in [5, 5.41) is 6.20. The van der Waals surface area contributed by atoms with E-state index < -0.39 is 0 Å². The van der Waals surface area contributed by atoms with Crippen LogP contribution in [0.25, 0.3) is 32.7 Å². The van der Waals surface area contributed by atoms with Gasteiger partial charge in [0.1, 0.15) is 23.7 Å². The van der Waals surface area contributed by atoms with Crippen LogP contribution in [-0.2, 0) is 6.54 Å². The van der Waals surface area contributed by atoms with Gasteiger partial charge < -0.3 is 14.6 Å². The Bertz CT molecular complexity index is 1410.